The molecule has 24 heavy (non-hydrogen) atoms. The lowest BCUT2D eigenvalue weighted by molar-refractivity contribution is -0.384. The second kappa shape index (κ2) is 7.59. The Morgan fingerprint density at radius 1 is 1.42 bits per heavy atom. The van der Waals surface area contributed by atoms with Crippen LogP contribution in [-0.4, -0.2) is 33.6 Å². The largest absolute Gasteiger partial charge is 0.348 e. The molecule has 1 saturated carbocycles. The second-order valence-corrected chi connectivity index (χ2v) is 5.92. The van der Waals surface area contributed by atoms with Gasteiger partial charge in [-0.25, -0.2) is 0 Å². The zero-order valence-electron chi connectivity index (χ0n) is 13.0. The quantitative estimate of drug-likeness (QED) is 0.573. The third-order valence-corrected chi connectivity index (χ3v) is 4.50. The van der Waals surface area contributed by atoms with E-state index in [9.17, 15) is 14.9 Å². The van der Waals surface area contributed by atoms with E-state index in [2.05, 4.69) is 15.5 Å². The monoisotopic (exact) mass is 353 g/mol. The number of nitrogens with zero attached hydrogens (tertiary/aromatic N) is 2. The fourth-order valence-electron chi connectivity index (χ4n) is 3.21. The van der Waals surface area contributed by atoms with E-state index in [1.807, 2.05) is 0 Å². The molecule has 1 amide bonds. The predicted octanol–water partition coefficient (Wildman–Crippen LogP) is 2.14. The zero-order valence-corrected chi connectivity index (χ0v) is 13.8. The first-order chi connectivity index (χ1) is 11.1. The first kappa shape index (κ1) is 18.2. The molecule has 0 aliphatic heterocycles. The van der Waals surface area contributed by atoms with Gasteiger partial charge in [0.05, 0.1) is 10.4 Å². The normalized spacial score (nSPS) is 20.4. The summed E-state index contributed by atoms with van der Waals surface area (Å²) in [6.07, 6.45) is 4.10. The Balaban J connectivity index is 0.00000208. The molecule has 0 radical (unpaired) electrons. The summed E-state index contributed by atoms with van der Waals surface area (Å²) >= 11 is 0. The van der Waals surface area contributed by atoms with Crippen molar-refractivity contribution in [1.29, 1.82) is 0 Å². The van der Waals surface area contributed by atoms with Crippen LogP contribution in [0.15, 0.2) is 18.2 Å². The Bertz CT molecular complexity index is 748. The van der Waals surface area contributed by atoms with Gasteiger partial charge in [-0.1, -0.05) is 12.8 Å². The predicted molar refractivity (Wildman–Crippen MR) is 92.3 cm³/mol. The van der Waals surface area contributed by atoms with Gasteiger partial charge in [0.15, 0.2) is 5.69 Å². The number of nitro benzene ring substituents is 1. The molecule has 3 rings (SSSR count). The maximum atomic E-state index is 12.5. The molecular formula is C15H20ClN5O3. The fourth-order valence-corrected chi connectivity index (χ4v) is 3.21. The van der Waals surface area contributed by atoms with Crippen LogP contribution >= 0.6 is 12.4 Å². The Kier molecular flexibility index (Phi) is 5.74. The van der Waals surface area contributed by atoms with Gasteiger partial charge in [0, 0.05) is 23.6 Å². The summed E-state index contributed by atoms with van der Waals surface area (Å²) < 4.78 is 0. The Morgan fingerprint density at radius 2 is 2.17 bits per heavy atom. The molecule has 0 bridgehead atoms. The minimum absolute atomic E-state index is 0. The smallest absolute Gasteiger partial charge is 0.272 e. The molecule has 1 aliphatic rings. The van der Waals surface area contributed by atoms with E-state index in [1.165, 1.54) is 12.1 Å². The Labute approximate surface area is 144 Å². The summed E-state index contributed by atoms with van der Waals surface area (Å²) in [5, 5.41) is 21.1. The average Bonchev–Trinajstić information content (AvgIpc) is 2.98. The molecule has 8 nitrogen and oxygen atoms in total. The topological polar surface area (TPSA) is 127 Å². The molecule has 0 spiro atoms. The Hall–Kier alpha value is -2.19. The van der Waals surface area contributed by atoms with Crippen molar-refractivity contribution in [3.8, 4) is 0 Å². The molecule has 1 fully saturated rings. The van der Waals surface area contributed by atoms with Crippen LogP contribution in [0.1, 0.15) is 36.2 Å². The van der Waals surface area contributed by atoms with Crippen LogP contribution in [0.4, 0.5) is 5.69 Å². The number of rotatable bonds is 4. The van der Waals surface area contributed by atoms with Gasteiger partial charge in [-0.05, 0) is 31.4 Å². The number of benzene rings is 1. The maximum Gasteiger partial charge on any atom is 0.272 e. The molecule has 1 heterocycles. The molecule has 1 aliphatic carbocycles. The van der Waals surface area contributed by atoms with E-state index in [-0.39, 0.29) is 41.7 Å². The van der Waals surface area contributed by atoms with E-state index >= 15 is 0 Å². The average molecular weight is 354 g/mol. The number of aromatic amines is 1. The number of nitrogens with one attached hydrogen (secondary N) is 2. The van der Waals surface area contributed by atoms with Crippen LogP contribution in [0.25, 0.3) is 10.9 Å². The second-order valence-electron chi connectivity index (χ2n) is 5.92. The first-order valence-electron chi connectivity index (χ1n) is 7.73. The molecule has 2 unspecified atom stereocenters. The van der Waals surface area contributed by atoms with Gasteiger partial charge in [0.25, 0.3) is 11.6 Å². The molecule has 1 aromatic carbocycles. The van der Waals surface area contributed by atoms with Crippen molar-refractivity contribution in [2.75, 3.05) is 6.54 Å². The number of carbonyl (C=O) groups excluding carboxylic acids is 1. The van der Waals surface area contributed by atoms with Crippen molar-refractivity contribution in [3.63, 3.8) is 0 Å². The number of nitrogens with two attached hydrogens (primary N) is 1. The van der Waals surface area contributed by atoms with Gasteiger partial charge in [0.2, 0.25) is 0 Å². The van der Waals surface area contributed by atoms with E-state index in [0.717, 1.165) is 25.7 Å². The summed E-state index contributed by atoms with van der Waals surface area (Å²) in [5.41, 5.74) is 6.50. The molecule has 1 aromatic heterocycles. The minimum Gasteiger partial charge on any atom is -0.348 e. The van der Waals surface area contributed by atoms with Gasteiger partial charge < -0.3 is 11.1 Å². The fraction of sp³-hybridized carbons (Fsp3) is 0.467. The highest BCUT2D eigenvalue weighted by molar-refractivity contribution is 6.05. The molecular weight excluding hydrogens is 334 g/mol. The van der Waals surface area contributed by atoms with Crippen molar-refractivity contribution in [3.05, 3.63) is 34.0 Å². The van der Waals surface area contributed by atoms with Gasteiger partial charge in [-0.2, -0.15) is 5.10 Å². The van der Waals surface area contributed by atoms with Gasteiger partial charge in [-0.15, -0.1) is 12.4 Å². The molecule has 4 N–H and O–H groups in total. The van der Waals surface area contributed by atoms with Crippen molar-refractivity contribution in [2.24, 2.45) is 11.7 Å². The van der Waals surface area contributed by atoms with Gasteiger partial charge in [0.1, 0.15) is 0 Å². The van der Waals surface area contributed by atoms with Crippen LogP contribution in [0.5, 0.6) is 0 Å². The summed E-state index contributed by atoms with van der Waals surface area (Å²) in [6.45, 7) is 0.539. The van der Waals surface area contributed by atoms with Crippen molar-refractivity contribution < 1.29 is 9.72 Å². The molecule has 2 atom stereocenters. The lowest BCUT2D eigenvalue weighted by Crippen LogP contribution is -2.44. The number of hydrogen-bond donors (Lipinski definition) is 3. The molecule has 9 heteroatoms. The lowest BCUT2D eigenvalue weighted by atomic mass is 9.84. The third kappa shape index (κ3) is 3.49. The lowest BCUT2D eigenvalue weighted by Gasteiger charge is -2.31. The highest BCUT2D eigenvalue weighted by atomic mass is 35.5. The summed E-state index contributed by atoms with van der Waals surface area (Å²) in [4.78, 5) is 22.9. The number of carbonyl (C=O) groups is 1. The maximum absolute atomic E-state index is 12.5. The van der Waals surface area contributed by atoms with Crippen LogP contribution < -0.4 is 11.1 Å². The number of non-ortho nitro benzene ring substituents is 1. The number of nitro groups is 1. The van der Waals surface area contributed by atoms with E-state index in [4.69, 9.17) is 5.73 Å². The standard InChI is InChI=1S/C15H19N5O3.ClH/c16-8-9-3-1-2-4-12(9)17-15(21)14-11-7-10(20(22)23)5-6-13(11)18-19-14;/h5-7,9,12H,1-4,8,16H2,(H,17,21)(H,18,19);1H. The third-order valence-electron chi connectivity index (χ3n) is 4.50. The summed E-state index contributed by atoms with van der Waals surface area (Å²) in [5.74, 6) is -0.0469. The van der Waals surface area contributed by atoms with Crippen LogP contribution in [-0.2, 0) is 0 Å². The molecule has 0 saturated heterocycles. The van der Waals surface area contributed by atoms with E-state index in [0.29, 0.717) is 17.4 Å². The van der Waals surface area contributed by atoms with Crippen molar-refractivity contribution >= 4 is 34.9 Å². The highest BCUT2D eigenvalue weighted by Crippen LogP contribution is 2.25. The van der Waals surface area contributed by atoms with Crippen LogP contribution in [0, 0.1) is 16.0 Å². The number of amides is 1. The molecule has 2 aromatic rings. The number of hydrogen-bond acceptors (Lipinski definition) is 5. The number of aromatic nitrogens is 2. The number of fused-ring (bicyclic) bond motifs is 1. The van der Waals surface area contributed by atoms with Gasteiger partial charge >= 0.3 is 0 Å². The first-order valence-corrected chi connectivity index (χ1v) is 7.73. The van der Waals surface area contributed by atoms with Crippen LogP contribution in [0.3, 0.4) is 0 Å². The Morgan fingerprint density at radius 3 is 2.88 bits per heavy atom. The highest BCUT2D eigenvalue weighted by Gasteiger charge is 2.27. The van der Waals surface area contributed by atoms with Crippen molar-refractivity contribution in [1.82, 2.24) is 15.5 Å². The molecule has 130 valence electrons. The van der Waals surface area contributed by atoms with Crippen molar-refractivity contribution in [2.45, 2.75) is 31.7 Å². The number of halogens is 1. The van der Waals surface area contributed by atoms with E-state index in [1.54, 1.807) is 6.07 Å². The minimum atomic E-state index is -0.486. The summed E-state index contributed by atoms with van der Waals surface area (Å²) in [6, 6.07) is 4.34. The van der Waals surface area contributed by atoms with E-state index < -0.39 is 4.92 Å². The zero-order chi connectivity index (χ0) is 16.4. The number of H-pyrrole nitrogens is 1. The van der Waals surface area contributed by atoms with Crippen LogP contribution in [0.2, 0.25) is 0 Å². The van der Waals surface area contributed by atoms with Gasteiger partial charge in [-0.3, -0.25) is 20.0 Å². The summed E-state index contributed by atoms with van der Waals surface area (Å²) in [7, 11) is 0. The SMILES string of the molecule is Cl.NCC1CCCCC1NC(=O)c1n[nH]c2ccc([N+](=O)[O-])cc12.